The van der Waals surface area contributed by atoms with Crippen molar-refractivity contribution in [1.82, 2.24) is 0 Å². The number of hydrogen-bond acceptors (Lipinski definition) is 6. The Morgan fingerprint density at radius 2 is 2.05 bits per heavy atom. The minimum absolute atomic E-state index is 0.0928. The smallest absolute Gasteiger partial charge is 0.253 e. The van der Waals surface area contributed by atoms with Crippen LogP contribution in [0.15, 0.2) is 0 Å². The molecule has 0 aromatic carbocycles. The van der Waals surface area contributed by atoms with Gasteiger partial charge in [0.1, 0.15) is 5.00 Å². The van der Waals surface area contributed by atoms with Gasteiger partial charge in [0.15, 0.2) is 5.78 Å². The summed E-state index contributed by atoms with van der Waals surface area (Å²) in [5.74, 6) is -0.922. The van der Waals surface area contributed by atoms with Crippen LogP contribution < -0.4 is 16.8 Å². The number of ether oxygens (including phenoxy) is 1. The van der Waals surface area contributed by atoms with Crippen molar-refractivity contribution in [3.63, 3.8) is 0 Å². The predicted octanol–water partition coefficient (Wildman–Crippen LogP) is 1.33. The van der Waals surface area contributed by atoms with E-state index in [0.717, 1.165) is 11.3 Å². The Morgan fingerprint density at radius 3 is 2.53 bits per heavy atom. The van der Waals surface area contributed by atoms with E-state index in [9.17, 15) is 9.59 Å². The molecule has 0 atom stereocenters. The maximum atomic E-state index is 12.0. The van der Waals surface area contributed by atoms with Gasteiger partial charge in [-0.05, 0) is 0 Å². The van der Waals surface area contributed by atoms with Crippen LogP contribution in [0.25, 0.3) is 0 Å². The molecule has 0 spiro atoms. The second-order valence-corrected chi connectivity index (χ2v) is 5.37. The Morgan fingerprint density at radius 1 is 1.42 bits per heavy atom. The molecule has 0 aliphatic rings. The first-order valence-electron chi connectivity index (χ1n) is 5.89. The van der Waals surface area contributed by atoms with Crippen molar-refractivity contribution in [3.05, 3.63) is 10.4 Å². The molecule has 1 amide bonds. The Hall–Kier alpha value is -1.60. The molecular weight excluding hydrogens is 266 g/mol. The van der Waals surface area contributed by atoms with Gasteiger partial charge in [-0.2, -0.15) is 0 Å². The molecule has 106 valence electrons. The zero-order valence-electron chi connectivity index (χ0n) is 11.3. The van der Waals surface area contributed by atoms with E-state index in [4.69, 9.17) is 16.2 Å². The molecule has 1 aromatic rings. The van der Waals surface area contributed by atoms with E-state index < -0.39 is 5.91 Å². The van der Waals surface area contributed by atoms with Crippen LogP contribution in [0.3, 0.4) is 0 Å². The van der Waals surface area contributed by atoms with Crippen LogP contribution in [-0.4, -0.2) is 32.0 Å². The topological polar surface area (TPSA) is 107 Å². The van der Waals surface area contributed by atoms with Gasteiger partial charge in [-0.15, -0.1) is 11.3 Å². The molecule has 0 aliphatic carbocycles. The molecule has 19 heavy (non-hydrogen) atoms. The predicted molar refractivity (Wildman–Crippen MR) is 76.8 cm³/mol. The lowest BCUT2D eigenvalue weighted by atomic mass is 10.1. The van der Waals surface area contributed by atoms with Gasteiger partial charge in [0.2, 0.25) is 0 Å². The highest BCUT2D eigenvalue weighted by atomic mass is 32.1. The summed E-state index contributed by atoms with van der Waals surface area (Å²) in [7, 11) is 1.58. The molecule has 0 radical (unpaired) electrons. The number of methoxy groups -OCH3 is 1. The molecule has 0 saturated carbocycles. The van der Waals surface area contributed by atoms with E-state index in [1.54, 1.807) is 21.0 Å². The summed E-state index contributed by atoms with van der Waals surface area (Å²) >= 11 is 1.16. The normalized spacial score (nSPS) is 10.7. The number of Topliss-reactive ketones (excluding diaryl/α,β-unsaturated/α-hetero) is 1. The van der Waals surface area contributed by atoms with E-state index in [0.29, 0.717) is 23.0 Å². The monoisotopic (exact) mass is 285 g/mol. The van der Waals surface area contributed by atoms with Gasteiger partial charge in [-0.1, -0.05) is 13.8 Å². The Bertz CT molecular complexity index is 483. The third-order valence-electron chi connectivity index (χ3n) is 2.53. The fourth-order valence-corrected chi connectivity index (χ4v) is 2.76. The minimum atomic E-state index is -0.642. The number of carbonyl (C=O) groups excluding carboxylic acids is 2. The van der Waals surface area contributed by atoms with Gasteiger partial charge in [0, 0.05) is 19.6 Å². The molecule has 1 aromatic heterocycles. The van der Waals surface area contributed by atoms with Gasteiger partial charge in [-0.25, -0.2) is 0 Å². The maximum absolute atomic E-state index is 12.0. The van der Waals surface area contributed by atoms with Crippen molar-refractivity contribution >= 4 is 33.7 Å². The molecule has 1 rings (SSSR count). The molecule has 6 nitrogen and oxygen atoms in total. The molecule has 1 heterocycles. The molecule has 7 heteroatoms. The molecule has 0 fully saturated rings. The van der Waals surface area contributed by atoms with Gasteiger partial charge in [-0.3, -0.25) is 9.59 Å². The van der Waals surface area contributed by atoms with Gasteiger partial charge < -0.3 is 21.5 Å². The van der Waals surface area contributed by atoms with E-state index in [2.05, 4.69) is 5.32 Å². The molecular formula is C12H19N3O3S. The number of primary amides is 1. The fraction of sp³-hybridized carbons (Fsp3) is 0.500. The zero-order chi connectivity index (χ0) is 14.6. The Kier molecular flexibility index (Phi) is 5.31. The molecule has 0 saturated heterocycles. The van der Waals surface area contributed by atoms with Crippen molar-refractivity contribution in [2.45, 2.75) is 13.8 Å². The number of carbonyl (C=O) groups is 2. The second kappa shape index (κ2) is 6.53. The zero-order valence-corrected chi connectivity index (χ0v) is 12.1. The summed E-state index contributed by atoms with van der Waals surface area (Å²) in [5.41, 5.74) is 11.5. The summed E-state index contributed by atoms with van der Waals surface area (Å²) in [5, 5.41) is 3.53. The van der Waals surface area contributed by atoms with Crippen molar-refractivity contribution in [2.75, 3.05) is 31.3 Å². The highest BCUT2D eigenvalue weighted by Gasteiger charge is 2.25. The van der Waals surface area contributed by atoms with Gasteiger partial charge in [0.05, 0.1) is 22.7 Å². The lowest BCUT2D eigenvalue weighted by molar-refractivity contribution is 0.0944. The van der Waals surface area contributed by atoms with Crippen molar-refractivity contribution < 1.29 is 14.3 Å². The van der Waals surface area contributed by atoms with E-state index in [-0.39, 0.29) is 23.0 Å². The van der Waals surface area contributed by atoms with Gasteiger partial charge >= 0.3 is 0 Å². The molecule has 0 bridgehead atoms. The van der Waals surface area contributed by atoms with Crippen molar-refractivity contribution in [2.24, 2.45) is 11.7 Å². The lowest BCUT2D eigenvalue weighted by Crippen LogP contribution is -2.16. The third kappa shape index (κ3) is 3.45. The third-order valence-corrected chi connectivity index (χ3v) is 3.71. The standard InChI is InChI=1S/C12H19N3O3S/c1-6(2)9(16)10-8(13)7(11(14)17)12(19-10)15-4-5-18-3/h6,15H,4-5,13H2,1-3H3,(H2,14,17). The fourth-order valence-electron chi connectivity index (χ4n) is 1.52. The Balaban J connectivity index is 3.12. The van der Waals surface area contributed by atoms with Crippen LogP contribution in [0.2, 0.25) is 0 Å². The number of rotatable bonds is 7. The van der Waals surface area contributed by atoms with Crippen molar-refractivity contribution in [1.29, 1.82) is 0 Å². The first kappa shape index (κ1) is 15.5. The average Bonchev–Trinajstić information content (AvgIpc) is 2.65. The number of nitrogen functional groups attached to an aromatic ring is 1. The number of nitrogens with two attached hydrogens (primary N) is 2. The lowest BCUT2D eigenvalue weighted by Gasteiger charge is -2.04. The highest BCUT2D eigenvalue weighted by molar-refractivity contribution is 7.19. The second-order valence-electron chi connectivity index (χ2n) is 4.35. The summed E-state index contributed by atoms with van der Waals surface area (Å²) in [4.78, 5) is 23.8. The first-order valence-corrected chi connectivity index (χ1v) is 6.70. The van der Waals surface area contributed by atoms with Crippen LogP contribution in [0.4, 0.5) is 10.7 Å². The Labute approximate surface area is 116 Å². The van der Waals surface area contributed by atoms with Crippen LogP contribution in [0, 0.1) is 5.92 Å². The van der Waals surface area contributed by atoms with Gasteiger partial charge in [0.25, 0.3) is 5.91 Å². The van der Waals surface area contributed by atoms with Crippen LogP contribution in [0.1, 0.15) is 33.9 Å². The van der Waals surface area contributed by atoms with E-state index in [1.165, 1.54) is 0 Å². The number of hydrogen-bond donors (Lipinski definition) is 3. The van der Waals surface area contributed by atoms with Crippen LogP contribution in [-0.2, 0) is 4.74 Å². The summed E-state index contributed by atoms with van der Waals surface area (Å²) in [6.45, 7) is 4.54. The number of thiophene rings is 1. The summed E-state index contributed by atoms with van der Waals surface area (Å²) in [6.07, 6.45) is 0. The molecule has 0 aliphatic heterocycles. The number of anilines is 2. The quantitative estimate of drug-likeness (QED) is 0.517. The number of nitrogens with one attached hydrogen (secondary N) is 1. The minimum Gasteiger partial charge on any atom is -0.397 e. The molecule has 0 unspecified atom stereocenters. The maximum Gasteiger partial charge on any atom is 0.253 e. The van der Waals surface area contributed by atoms with Crippen LogP contribution >= 0.6 is 11.3 Å². The molecule has 5 N–H and O–H groups in total. The highest BCUT2D eigenvalue weighted by Crippen LogP contribution is 2.36. The SMILES string of the molecule is COCCNc1sc(C(=O)C(C)C)c(N)c1C(N)=O. The first-order chi connectivity index (χ1) is 8.90. The number of amides is 1. The van der Waals surface area contributed by atoms with E-state index in [1.807, 2.05) is 0 Å². The van der Waals surface area contributed by atoms with Crippen LogP contribution in [0.5, 0.6) is 0 Å². The van der Waals surface area contributed by atoms with Crippen molar-refractivity contribution in [3.8, 4) is 0 Å². The summed E-state index contributed by atoms with van der Waals surface area (Å²) in [6, 6.07) is 0. The van der Waals surface area contributed by atoms with E-state index >= 15 is 0 Å². The number of ketones is 1. The average molecular weight is 285 g/mol. The largest absolute Gasteiger partial charge is 0.397 e. The summed E-state index contributed by atoms with van der Waals surface area (Å²) < 4.78 is 4.91.